The molecule has 4 heteroatoms. The van der Waals surface area contributed by atoms with Gasteiger partial charge in [0.05, 0.1) is 18.9 Å². The Kier molecular flexibility index (Phi) is 6.90. The van der Waals surface area contributed by atoms with Crippen LogP contribution in [0.2, 0.25) is 0 Å². The molecule has 1 N–H and O–H groups in total. The average molecular weight is 558 g/mol. The van der Waals surface area contributed by atoms with E-state index in [4.69, 9.17) is 4.74 Å². The highest BCUT2D eigenvalue weighted by atomic mass is 16.5. The first kappa shape index (κ1) is 28.7. The van der Waals surface area contributed by atoms with E-state index in [0.29, 0.717) is 34.7 Å². The van der Waals surface area contributed by atoms with E-state index in [1.807, 2.05) is 18.3 Å². The first-order valence-electron chi connectivity index (χ1n) is 16.2. The lowest BCUT2D eigenvalue weighted by molar-refractivity contribution is -0.174. The number of hydrogen-bond acceptors (Lipinski definition) is 4. The summed E-state index contributed by atoms with van der Waals surface area (Å²) >= 11 is 0. The van der Waals surface area contributed by atoms with E-state index in [2.05, 4.69) is 64.6 Å². The van der Waals surface area contributed by atoms with Crippen molar-refractivity contribution in [3.63, 3.8) is 0 Å². The Morgan fingerprint density at radius 3 is 2.34 bits per heavy atom. The fourth-order valence-corrected chi connectivity index (χ4v) is 12.2. The zero-order chi connectivity index (χ0) is 29.4. The van der Waals surface area contributed by atoms with Crippen LogP contribution in [0, 0.1) is 57.2 Å². The standard InChI is InChI=1S/C37H51NO3/c1-23(2)26-14-20-37(22-38-40)21-16-29-27(32(26)37)12-13-31-35(29,5)19-17-30-34(3,4)28(15-18-36(30,31)6)24-8-10-25(11-9-24)33(39)41-7/h8-11,15,22,26-27,29-32,40H,1,12-14,16-21H2,2-7H3/b38-22+/t26?,27-,29?,30?,31?,32?,35-,36-,37?/m0/s1. The maximum atomic E-state index is 12.0. The average Bonchev–Trinajstić information content (AvgIpc) is 3.32. The predicted octanol–water partition coefficient (Wildman–Crippen LogP) is 9.19. The first-order valence-corrected chi connectivity index (χ1v) is 16.2. The number of rotatable bonds is 4. The van der Waals surface area contributed by atoms with Gasteiger partial charge in [-0.25, -0.2) is 4.79 Å². The first-order chi connectivity index (χ1) is 19.4. The van der Waals surface area contributed by atoms with Crippen LogP contribution in [0.25, 0.3) is 5.57 Å². The molecule has 5 aliphatic rings. The van der Waals surface area contributed by atoms with Gasteiger partial charge < -0.3 is 9.94 Å². The molecule has 4 saturated carbocycles. The molecule has 1 aromatic rings. The van der Waals surface area contributed by atoms with Gasteiger partial charge in [0.15, 0.2) is 0 Å². The molecule has 1 aromatic carbocycles. The Morgan fingerprint density at radius 1 is 0.976 bits per heavy atom. The van der Waals surface area contributed by atoms with Crippen LogP contribution in [-0.2, 0) is 4.74 Å². The molecule has 0 spiro atoms. The lowest BCUT2D eigenvalue weighted by Crippen LogP contribution is -2.61. The zero-order valence-corrected chi connectivity index (χ0v) is 26.2. The maximum absolute atomic E-state index is 12.0. The normalized spacial score (nSPS) is 42.8. The molecule has 4 fully saturated rings. The smallest absolute Gasteiger partial charge is 0.337 e. The van der Waals surface area contributed by atoms with E-state index in [-0.39, 0.29) is 22.2 Å². The quantitative estimate of drug-likeness (QED) is 0.132. The van der Waals surface area contributed by atoms with Crippen LogP contribution < -0.4 is 0 Å². The third kappa shape index (κ3) is 4.05. The second-order valence-electron chi connectivity index (χ2n) is 15.6. The molecule has 0 amide bonds. The number of benzene rings is 1. The van der Waals surface area contributed by atoms with E-state index < -0.39 is 0 Å². The fraction of sp³-hybridized carbons (Fsp3) is 0.676. The van der Waals surface area contributed by atoms with Crippen LogP contribution in [0.5, 0.6) is 0 Å². The Morgan fingerprint density at radius 2 is 1.68 bits per heavy atom. The van der Waals surface area contributed by atoms with Crippen molar-refractivity contribution in [2.45, 2.75) is 92.4 Å². The summed E-state index contributed by atoms with van der Waals surface area (Å²) < 4.78 is 4.93. The lowest BCUT2D eigenvalue weighted by atomic mass is 9.36. The van der Waals surface area contributed by atoms with Gasteiger partial charge in [0, 0.05) is 5.41 Å². The van der Waals surface area contributed by atoms with Crippen molar-refractivity contribution < 1.29 is 14.7 Å². The summed E-state index contributed by atoms with van der Waals surface area (Å²) in [5.41, 5.74) is 5.37. The van der Waals surface area contributed by atoms with E-state index in [1.165, 1.54) is 62.3 Å². The van der Waals surface area contributed by atoms with Crippen LogP contribution in [-0.4, -0.2) is 24.5 Å². The molecule has 0 saturated heterocycles. The van der Waals surface area contributed by atoms with E-state index in [9.17, 15) is 10.0 Å². The topological polar surface area (TPSA) is 58.9 Å². The summed E-state index contributed by atoms with van der Waals surface area (Å²) in [6, 6.07) is 8.06. The Bertz CT molecular complexity index is 1280. The molecule has 6 unspecified atom stereocenters. The monoisotopic (exact) mass is 557 g/mol. The maximum Gasteiger partial charge on any atom is 0.337 e. The van der Waals surface area contributed by atoms with Crippen LogP contribution >= 0.6 is 0 Å². The summed E-state index contributed by atoms with van der Waals surface area (Å²) in [5.74, 6) is 3.63. The van der Waals surface area contributed by atoms with E-state index in [0.717, 1.165) is 31.1 Å². The van der Waals surface area contributed by atoms with Crippen molar-refractivity contribution >= 4 is 17.8 Å². The summed E-state index contributed by atoms with van der Waals surface area (Å²) in [6.45, 7) is 16.9. The van der Waals surface area contributed by atoms with Gasteiger partial charge in [-0.15, -0.1) is 5.16 Å². The van der Waals surface area contributed by atoms with Crippen molar-refractivity contribution in [1.82, 2.24) is 0 Å². The highest BCUT2D eigenvalue weighted by molar-refractivity contribution is 5.90. The highest BCUT2D eigenvalue weighted by Gasteiger charge is 2.66. The number of methoxy groups -OCH3 is 1. The van der Waals surface area contributed by atoms with Crippen LogP contribution in [0.1, 0.15) is 108 Å². The highest BCUT2D eigenvalue weighted by Crippen LogP contribution is 2.73. The number of carbonyl (C=O) groups is 1. The number of fused-ring (bicyclic) bond motifs is 7. The molecule has 5 aliphatic carbocycles. The molecule has 41 heavy (non-hydrogen) atoms. The van der Waals surface area contributed by atoms with Gasteiger partial charge in [-0.05, 0) is 140 Å². The fourth-order valence-electron chi connectivity index (χ4n) is 12.2. The van der Waals surface area contributed by atoms with Crippen molar-refractivity contribution in [1.29, 1.82) is 0 Å². The minimum atomic E-state index is -0.279. The Labute approximate surface area is 247 Å². The third-order valence-electron chi connectivity index (χ3n) is 13.8. The van der Waals surface area contributed by atoms with Gasteiger partial charge in [0.25, 0.3) is 0 Å². The number of oxime groups is 1. The molecular formula is C37H51NO3. The molecule has 6 rings (SSSR count). The molecule has 0 bridgehead atoms. The number of ether oxygens (including phenoxy) is 1. The lowest BCUT2D eigenvalue weighted by Gasteiger charge is -2.68. The van der Waals surface area contributed by atoms with Crippen LogP contribution in [0.15, 0.2) is 47.6 Å². The van der Waals surface area contributed by atoms with Gasteiger partial charge in [0.1, 0.15) is 0 Å². The largest absolute Gasteiger partial charge is 0.465 e. The SMILES string of the molecule is C=C(C)C1CCC2(/C=N/O)CCC3[C@H](CCC4[C@@]3(C)CCC3C(C)(C)C(c5ccc(C(=O)OC)cc5)=CC[C@@]34C)C12. The second-order valence-corrected chi connectivity index (χ2v) is 15.6. The molecular weight excluding hydrogens is 506 g/mol. The van der Waals surface area contributed by atoms with Crippen molar-refractivity contribution in [2.24, 2.45) is 62.3 Å². The van der Waals surface area contributed by atoms with Crippen molar-refractivity contribution in [2.75, 3.05) is 7.11 Å². The molecule has 0 aliphatic heterocycles. The molecule has 9 atom stereocenters. The zero-order valence-electron chi connectivity index (χ0n) is 26.2. The number of esters is 1. The third-order valence-corrected chi connectivity index (χ3v) is 13.8. The van der Waals surface area contributed by atoms with Crippen molar-refractivity contribution in [3.8, 4) is 0 Å². The molecule has 0 aromatic heterocycles. The van der Waals surface area contributed by atoms with E-state index >= 15 is 0 Å². The van der Waals surface area contributed by atoms with Gasteiger partial charge >= 0.3 is 5.97 Å². The summed E-state index contributed by atoms with van der Waals surface area (Å²) in [5, 5.41) is 13.4. The molecule has 222 valence electrons. The number of nitrogens with zero attached hydrogens (tertiary/aromatic N) is 1. The van der Waals surface area contributed by atoms with Gasteiger partial charge in [-0.1, -0.05) is 58.1 Å². The van der Waals surface area contributed by atoms with Gasteiger partial charge in [-0.2, -0.15) is 0 Å². The van der Waals surface area contributed by atoms with Crippen molar-refractivity contribution in [3.05, 3.63) is 53.6 Å². The number of allylic oxidation sites excluding steroid dienone is 3. The molecule has 0 heterocycles. The minimum Gasteiger partial charge on any atom is -0.465 e. The molecule has 4 nitrogen and oxygen atoms in total. The number of carbonyl (C=O) groups excluding carboxylic acids is 1. The summed E-state index contributed by atoms with van der Waals surface area (Å²) in [6.07, 6.45) is 15.6. The second kappa shape index (κ2) is 9.85. The van der Waals surface area contributed by atoms with Crippen LogP contribution in [0.4, 0.5) is 0 Å². The summed E-state index contributed by atoms with van der Waals surface area (Å²) in [4.78, 5) is 12.0. The van der Waals surface area contributed by atoms with Gasteiger partial charge in [-0.3, -0.25) is 0 Å². The minimum absolute atomic E-state index is 0.0533. The molecule has 0 radical (unpaired) electrons. The van der Waals surface area contributed by atoms with Crippen LogP contribution in [0.3, 0.4) is 0 Å². The number of hydrogen-bond donors (Lipinski definition) is 1. The Balaban J connectivity index is 1.32. The van der Waals surface area contributed by atoms with E-state index in [1.54, 1.807) is 0 Å². The van der Waals surface area contributed by atoms with Gasteiger partial charge in [0.2, 0.25) is 0 Å². The Hall–Kier alpha value is -2.36. The summed E-state index contributed by atoms with van der Waals surface area (Å²) in [7, 11) is 1.44. The predicted molar refractivity (Wildman–Crippen MR) is 166 cm³/mol.